The Bertz CT molecular complexity index is 611. The fourth-order valence-corrected chi connectivity index (χ4v) is 2.43. The van der Waals surface area contributed by atoms with Gasteiger partial charge in [0.15, 0.2) is 0 Å². The summed E-state index contributed by atoms with van der Waals surface area (Å²) in [5.41, 5.74) is 7.07. The second-order valence-corrected chi connectivity index (χ2v) is 6.64. The van der Waals surface area contributed by atoms with E-state index in [4.69, 9.17) is 0 Å². The maximum absolute atomic E-state index is 4.55. The molecule has 0 atom stereocenters. The van der Waals surface area contributed by atoms with Crippen LogP contribution in [0.4, 0.5) is 5.13 Å². The largest absolute Gasteiger partial charge is 0.261 e. The van der Waals surface area contributed by atoms with Crippen molar-refractivity contribution in [2.75, 3.05) is 5.43 Å². The Morgan fingerprint density at radius 2 is 2.00 bits per heavy atom. The molecule has 0 unspecified atom stereocenters. The van der Waals surface area contributed by atoms with Crippen LogP contribution in [0.3, 0.4) is 0 Å². The van der Waals surface area contributed by atoms with E-state index >= 15 is 0 Å². The SMILES string of the molecule is Br.C/C(=N\Nc1nc(C(C)(C)C)cs1)c1ccc(C)nc1. The van der Waals surface area contributed by atoms with Crippen LogP contribution in [0.1, 0.15) is 44.6 Å². The molecule has 114 valence electrons. The number of nitrogens with zero attached hydrogens (tertiary/aromatic N) is 3. The van der Waals surface area contributed by atoms with Crippen molar-refractivity contribution >= 4 is 39.2 Å². The molecule has 0 amide bonds. The summed E-state index contributed by atoms with van der Waals surface area (Å²) in [6.45, 7) is 10.4. The first-order valence-corrected chi connectivity index (χ1v) is 7.43. The van der Waals surface area contributed by atoms with Crippen molar-refractivity contribution in [2.45, 2.75) is 40.0 Å². The second kappa shape index (κ2) is 7.13. The van der Waals surface area contributed by atoms with Gasteiger partial charge in [0.05, 0.1) is 11.4 Å². The van der Waals surface area contributed by atoms with Crippen LogP contribution < -0.4 is 5.43 Å². The minimum atomic E-state index is 0. The van der Waals surface area contributed by atoms with Gasteiger partial charge in [0.1, 0.15) is 0 Å². The summed E-state index contributed by atoms with van der Waals surface area (Å²) in [5.74, 6) is 0. The van der Waals surface area contributed by atoms with E-state index in [1.807, 2.05) is 32.2 Å². The van der Waals surface area contributed by atoms with Crippen LogP contribution in [-0.4, -0.2) is 15.7 Å². The third kappa shape index (κ3) is 4.89. The zero-order valence-electron chi connectivity index (χ0n) is 13.0. The summed E-state index contributed by atoms with van der Waals surface area (Å²) < 4.78 is 0. The molecule has 0 aliphatic carbocycles. The van der Waals surface area contributed by atoms with Crippen molar-refractivity contribution < 1.29 is 0 Å². The summed E-state index contributed by atoms with van der Waals surface area (Å²) in [5, 5.41) is 7.25. The topological polar surface area (TPSA) is 50.2 Å². The molecule has 2 rings (SSSR count). The van der Waals surface area contributed by atoms with Crippen molar-refractivity contribution in [1.29, 1.82) is 0 Å². The number of thiazole rings is 1. The van der Waals surface area contributed by atoms with Crippen molar-refractivity contribution in [1.82, 2.24) is 9.97 Å². The van der Waals surface area contributed by atoms with Gasteiger partial charge in [-0.1, -0.05) is 20.8 Å². The summed E-state index contributed by atoms with van der Waals surface area (Å²) in [4.78, 5) is 8.82. The van der Waals surface area contributed by atoms with Crippen LogP contribution in [0.25, 0.3) is 0 Å². The first-order valence-electron chi connectivity index (χ1n) is 6.55. The average molecular weight is 369 g/mol. The van der Waals surface area contributed by atoms with E-state index < -0.39 is 0 Å². The van der Waals surface area contributed by atoms with E-state index in [9.17, 15) is 0 Å². The first-order chi connectivity index (χ1) is 9.36. The number of hydrogen-bond donors (Lipinski definition) is 1. The van der Waals surface area contributed by atoms with E-state index in [0.29, 0.717) is 0 Å². The Hall–Kier alpha value is -1.27. The predicted octanol–water partition coefficient (Wildman–Crippen LogP) is 4.56. The number of pyridine rings is 1. The highest BCUT2D eigenvalue weighted by molar-refractivity contribution is 8.93. The van der Waals surface area contributed by atoms with Gasteiger partial charge >= 0.3 is 0 Å². The lowest BCUT2D eigenvalue weighted by molar-refractivity contribution is 0.573. The third-order valence-electron chi connectivity index (χ3n) is 2.92. The molecule has 6 heteroatoms. The van der Waals surface area contributed by atoms with Crippen LogP contribution in [-0.2, 0) is 5.41 Å². The van der Waals surface area contributed by atoms with Gasteiger partial charge in [-0.15, -0.1) is 28.3 Å². The molecule has 0 fully saturated rings. The molecule has 2 aromatic heterocycles. The zero-order chi connectivity index (χ0) is 14.8. The number of aromatic nitrogens is 2. The van der Waals surface area contributed by atoms with E-state index in [1.54, 1.807) is 11.3 Å². The van der Waals surface area contributed by atoms with Gasteiger partial charge in [0.25, 0.3) is 0 Å². The second-order valence-electron chi connectivity index (χ2n) is 5.79. The maximum atomic E-state index is 4.55. The first kappa shape index (κ1) is 17.8. The minimum absolute atomic E-state index is 0. The Morgan fingerprint density at radius 3 is 2.52 bits per heavy atom. The van der Waals surface area contributed by atoms with Gasteiger partial charge < -0.3 is 0 Å². The predicted molar refractivity (Wildman–Crippen MR) is 95.9 cm³/mol. The van der Waals surface area contributed by atoms with Gasteiger partial charge in [0, 0.05) is 28.2 Å². The number of nitrogens with one attached hydrogen (secondary N) is 1. The van der Waals surface area contributed by atoms with E-state index in [1.165, 1.54) is 0 Å². The standard InChI is InChI=1S/C15H20N4S.BrH/c1-10-6-7-12(8-16-10)11(2)18-19-14-17-13(9-20-14)15(3,4)5;/h6-9H,1-5H3,(H,17,19);1H/b18-11+;. The lowest BCUT2D eigenvalue weighted by Crippen LogP contribution is -2.11. The van der Waals surface area contributed by atoms with Gasteiger partial charge in [-0.2, -0.15) is 5.10 Å². The molecule has 2 heterocycles. The third-order valence-corrected chi connectivity index (χ3v) is 3.67. The van der Waals surface area contributed by atoms with E-state index in [2.05, 4.69) is 46.6 Å². The minimum Gasteiger partial charge on any atom is -0.261 e. The number of hydrogen-bond acceptors (Lipinski definition) is 5. The van der Waals surface area contributed by atoms with Gasteiger partial charge in [-0.25, -0.2) is 4.98 Å². The highest BCUT2D eigenvalue weighted by atomic mass is 79.9. The Kier molecular flexibility index (Phi) is 6.04. The number of hydrazone groups is 1. The Balaban J connectivity index is 0.00000220. The van der Waals surface area contributed by atoms with Crippen LogP contribution in [0.5, 0.6) is 0 Å². The highest BCUT2D eigenvalue weighted by Gasteiger charge is 2.17. The average Bonchev–Trinajstić information content (AvgIpc) is 2.85. The van der Waals surface area contributed by atoms with Gasteiger partial charge in [-0.05, 0) is 26.0 Å². The van der Waals surface area contributed by atoms with Crippen LogP contribution >= 0.6 is 28.3 Å². The fourth-order valence-electron chi connectivity index (χ4n) is 1.55. The smallest absolute Gasteiger partial charge is 0.203 e. The van der Waals surface area contributed by atoms with E-state index in [-0.39, 0.29) is 22.4 Å². The molecule has 2 aromatic rings. The van der Waals surface area contributed by atoms with Crippen molar-refractivity contribution in [3.63, 3.8) is 0 Å². The normalized spacial score (nSPS) is 12.0. The number of anilines is 1. The molecule has 0 spiro atoms. The van der Waals surface area contributed by atoms with Crippen molar-refractivity contribution in [3.05, 3.63) is 40.7 Å². The Labute approximate surface area is 140 Å². The number of rotatable bonds is 3. The van der Waals surface area contributed by atoms with Crippen LogP contribution in [0.2, 0.25) is 0 Å². The summed E-state index contributed by atoms with van der Waals surface area (Å²) in [7, 11) is 0. The summed E-state index contributed by atoms with van der Waals surface area (Å²) in [6, 6.07) is 4.00. The molecule has 0 saturated heterocycles. The molecule has 0 aromatic carbocycles. The molecular formula is C15H21BrN4S. The Morgan fingerprint density at radius 1 is 1.29 bits per heavy atom. The molecule has 0 bridgehead atoms. The molecule has 0 saturated carbocycles. The lowest BCUT2D eigenvalue weighted by atomic mass is 9.93. The molecule has 21 heavy (non-hydrogen) atoms. The summed E-state index contributed by atoms with van der Waals surface area (Å²) >= 11 is 1.57. The number of halogens is 1. The molecule has 0 aliphatic rings. The van der Waals surface area contributed by atoms with Crippen molar-refractivity contribution in [2.24, 2.45) is 5.10 Å². The zero-order valence-corrected chi connectivity index (χ0v) is 15.5. The lowest BCUT2D eigenvalue weighted by Gasteiger charge is -2.13. The highest BCUT2D eigenvalue weighted by Crippen LogP contribution is 2.26. The van der Waals surface area contributed by atoms with Crippen molar-refractivity contribution in [3.8, 4) is 0 Å². The van der Waals surface area contributed by atoms with Crippen LogP contribution in [0, 0.1) is 6.92 Å². The molecule has 0 radical (unpaired) electrons. The molecule has 1 N–H and O–H groups in total. The maximum Gasteiger partial charge on any atom is 0.203 e. The quantitative estimate of drug-likeness (QED) is 0.638. The monoisotopic (exact) mass is 368 g/mol. The molecule has 0 aliphatic heterocycles. The number of aryl methyl sites for hydroxylation is 1. The molecular weight excluding hydrogens is 348 g/mol. The molecule has 4 nitrogen and oxygen atoms in total. The van der Waals surface area contributed by atoms with Gasteiger partial charge in [0.2, 0.25) is 5.13 Å². The van der Waals surface area contributed by atoms with Crippen LogP contribution in [0.15, 0.2) is 28.8 Å². The van der Waals surface area contributed by atoms with E-state index in [0.717, 1.165) is 27.8 Å². The fraction of sp³-hybridized carbons (Fsp3) is 0.400. The summed E-state index contributed by atoms with van der Waals surface area (Å²) in [6.07, 6.45) is 1.83. The van der Waals surface area contributed by atoms with Gasteiger partial charge in [-0.3, -0.25) is 10.4 Å².